The SMILES string of the molecule is CC(C)N1CCc2c(nc(-c3cncc(F)c3)nc2NCCc2c[nH]c3ccccc23)C1. The van der Waals surface area contributed by atoms with Gasteiger partial charge in [-0.1, -0.05) is 18.2 Å². The molecule has 0 amide bonds. The lowest BCUT2D eigenvalue weighted by molar-refractivity contribution is 0.200. The van der Waals surface area contributed by atoms with E-state index in [-0.39, 0.29) is 5.82 Å². The smallest absolute Gasteiger partial charge is 0.163 e. The minimum atomic E-state index is -0.388. The molecule has 1 aromatic carbocycles. The Morgan fingerprint density at radius 3 is 2.91 bits per heavy atom. The predicted octanol–water partition coefficient (Wildman–Crippen LogP) is 4.58. The second-order valence-electron chi connectivity index (χ2n) is 8.56. The second-order valence-corrected chi connectivity index (χ2v) is 8.56. The van der Waals surface area contributed by atoms with E-state index in [4.69, 9.17) is 9.97 Å². The number of rotatable bonds is 6. The van der Waals surface area contributed by atoms with Crippen molar-refractivity contribution >= 4 is 16.7 Å². The summed E-state index contributed by atoms with van der Waals surface area (Å²) in [5.41, 5.74) is 5.19. The number of nitrogens with one attached hydrogen (secondary N) is 2. The van der Waals surface area contributed by atoms with Gasteiger partial charge in [0, 0.05) is 60.1 Å². The highest BCUT2D eigenvalue weighted by Gasteiger charge is 2.24. The van der Waals surface area contributed by atoms with E-state index in [0.29, 0.717) is 17.4 Å². The number of hydrogen-bond acceptors (Lipinski definition) is 5. The first-order valence-electron chi connectivity index (χ1n) is 11.1. The Hall–Kier alpha value is -3.32. The molecular formula is C25H27FN6. The Balaban J connectivity index is 1.43. The van der Waals surface area contributed by atoms with Gasteiger partial charge in [-0.25, -0.2) is 14.4 Å². The molecule has 0 saturated carbocycles. The number of halogens is 1. The zero-order valence-electron chi connectivity index (χ0n) is 18.4. The van der Waals surface area contributed by atoms with Gasteiger partial charge in [-0.15, -0.1) is 0 Å². The van der Waals surface area contributed by atoms with Crippen molar-refractivity contribution < 1.29 is 4.39 Å². The molecule has 32 heavy (non-hydrogen) atoms. The highest BCUT2D eigenvalue weighted by atomic mass is 19.1. The predicted molar refractivity (Wildman–Crippen MR) is 125 cm³/mol. The van der Waals surface area contributed by atoms with Gasteiger partial charge in [-0.2, -0.15) is 0 Å². The summed E-state index contributed by atoms with van der Waals surface area (Å²) in [6, 6.07) is 10.2. The minimum absolute atomic E-state index is 0.388. The fourth-order valence-corrected chi connectivity index (χ4v) is 4.35. The molecule has 2 N–H and O–H groups in total. The third kappa shape index (κ3) is 4.08. The highest BCUT2D eigenvalue weighted by molar-refractivity contribution is 5.83. The molecule has 0 saturated heterocycles. The Labute approximate surface area is 186 Å². The summed E-state index contributed by atoms with van der Waals surface area (Å²) in [4.78, 5) is 19.3. The summed E-state index contributed by atoms with van der Waals surface area (Å²) >= 11 is 0. The van der Waals surface area contributed by atoms with Crippen LogP contribution in [0.5, 0.6) is 0 Å². The molecule has 7 heteroatoms. The number of anilines is 1. The first-order valence-corrected chi connectivity index (χ1v) is 11.1. The van der Waals surface area contributed by atoms with E-state index in [2.05, 4.69) is 58.4 Å². The van der Waals surface area contributed by atoms with Crippen LogP contribution in [0.1, 0.15) is 30.7 Å². The number of fused-ring (bicyclic) bond motifs is 2. The molecule has 4 heterocycles. The zero-order valence-corrected chi connectivity index (χ0v) is 18.4. The van der Waals surface area contributed by atoms with E-state index in [1.807, 2.05) is 6.07 Å². The van der Waals surface area contributed by atoms with E-state index in [1.54, 1.807) is 6.20 Å². The summed E-state index contributed by atoms with van der Waals surface area (Å²) in [5, 5.41) is 4.80. The fourth-order valence-electron chi connectivity index (χ4n) is 4.35. The number of H-pyrrole nitrogens is 1. The van der Waals surface area contributed by atoms with Crippen LogP contribution < -0.4 is 5.32 Å². The molecule has 4 aromatic rings. The summed E-state index contributed by atoms with van der Waals surface area (Å²) in [6.45, 7) is 6.89. The molecule has 0 aliphatic carbocycles. The van der Waals surface area contributed by atoms with E-state index < -0.39 is 0 Å². The van der Waals surface area contributed by atoms with Crippen molar-refractivity contribution in [1.29, 1.82) is 0 Å². The molecule has 0 bridgehead atoms. The fraction of sp³-hybridized carbons (Fsp3) is 0.320. The number of pyridine rings is 1. The average Bonchev–Trinajstić information content (AvgIpc) is 3.21. The Morgan fingerprint density at radius 1 is 1.19 bits per heavy atom. The summed E-state index contributed by atoms with van der Waals surface area (Å²) in [5.74, 6) is 0.968. The van der Waals surface area contributed by atoms with E-state index >= 15 is 0 Å². The van der Waals surface area contributed by atoms with Crippen LogP contribution in [0.15, 0.2) is 48.9 Å². The average molecular weight is 431 g/mol. The van der Waals surface area contributed by atoms with Crippen molar-refractivity contribution in [2.45, 2.75) is 39.3 Å². The minimum Gasteiger partial charge on any atom is -0.369 e. The number of para-hydroxylation sites is 1. The van der Waals surface area contributed by atoms with E-state index in [1.165, 1.54) is 23.2 Å². The van der Waals surface area contributed by atoms with Gasteiger partial charge < -0.3 is 10.3 Å². The van der Waals surface area contributed by atoms with Crippen molar-refractivity contribution in [3.63, 3.8) is 0 Å². The molecule has 6 nitrogen and oxygen atoms in total. The Bertz CT molecular complexity index is 1250. The van der Waals surface area contributed by atoms with Gasteiger partial charge in [0.2, 0.25) is 0 Å². The number of aromatic nitrogens is 4. The van der Waals surface area contributed by atoms with Gasteiger partial charge in [0.25, 0.3) is 0 Å². The first kappa shape index (κ1) is 20.6. The quantitative estimate of drug-likeness (QED) is 0.469. The zero-order chi connectivity index (χ0) is 22.1. The topological polar surface area (TPSA) is 69.7 Å². The van der Waals surface area contributed by atoms with Crippen molar-refractivity contribution in [2.75, 3.05) is 18.4 Å². The van der Waals surface area contributed by atoms with Crippen LogP contribution in [-0.2, 0) is 19.4 Å². The maximum Gasteiger partial charge on any atom is 0.163 e. The summed E-state index contributed by atoms with van der Waals surface area (Å²) < 4.78 is 13.8. The number of nitrogens with zero attached hydrogens (tertiary/aromatic N) is 4. The lowest BCUT2D eigenvalue weighted by Gasteiger charge is -2.32. The van der Waals surface area contributed by atoms with E-state index in [9.17, 15) is 4.39 Å². The first-order chi connectivity index (χ1) is 15.6. The number of aromatic amines is 1. The van der Waals surface area contributed by atoms with Crippen LogP contribution in [0.25, 0.3) is 22.3 Å². The van der Waals surface area contributed by atoms with Crippen molar-refractivity contribution in [1.82, 2.24) is 24.8 Å². The van der Waals surface area contributed by atoms with Crippen LogP contribution in [-0.4, -0.2) is 44.0 Å². The normalized spacial score (nSPS) is 14.1. The van der Waals surface area contributed by atoms with Crippen LogP contribution >= 0.6 is 0 Å². The molecule has 1 aliphatic heterocycles. The third-order valence-corrected chi connectivity index (χ3v) is 6.15. The van der Waals surface area contributed by atoms with Crippen molar-refractivity contribution in [3.8, 4) is 11.4 Å². The van der Waals surface area contributed by atoms with Crippen LogP contribution in [0, 0.1) is 5.82 Å². The lowest BCUT2D eigenvalue weighted by atomic mass is 10.0. The molecule has 0 unspecified atom stereocenters. The maximum absolute atomic E-state index is 13.8. The monoisotopic (exact) mass is 430 g/mol. The Morgan fingerprint density at radius 2 is 2.06 bits per heavy atom. The Kier molecular flexibility index (Phi) is 5.57. The standard InChI is InChI=1S/C25H27FN6/c1-16(2)32-10-8-21-23(15-32)30-24(18-11-19(26)14-27-12-18)31-25(21)28-9-7-17-13-29-22-6-4-3-5-20(17)22/h3-6,11-14,16,29H,7-10,15H2,1-2H3,(H,28,30,31). The third-order valence-electron chi connectivity index (χ3n) is 6.15. The van der Waals surface area contributed by atoms with Crippen LogP contribution in [0.2, 0.25) is 0 Å². The van der Waals surface area contributed by atoms with Gasteiger partial charge in [0.15, 0.2) is 5.82 Å². The molecule has 0 fully saturated rings. The van der Waals surface area contributed by atoms with Crippen LogP contribution in [0.3, 0.4) is 0 Å². The maximum atomic E-state index is 13.8. The lowest BCUT2D eigenvalue weighted by Crippen LogP contribution is -2.37. The van der Waals surface area contributed by atoms with Crippen molar-refractivity contribution in [3.05, 3.63) is 71.6 Å². The molecule has 164 valence electrons. The second kappa shape index (κ2) is 8.67. The summed E-state index contributed by atoms with van der Waals surface area (Å²) in [6.07, 6.45) is 6.65. The molecule has 5 rings (SSSR count). The molecular weight excluding hydrogens is 403 g/mol. The summed E-state index contributed by atoms with van der Waals surface area (Å²) in [7, 11) is 0. The molecule has 0 spiro atoms. The van der Waals surface area contributed by atoms with Crippen molar-refractivity contribution in [2.24, 2.45) is 0 Å². The van der Waals surface area contributed by atoms with Gasteiger partial charge in [0.05, 0.1) is 11.9 Å². The molecule has 0 atom stereocenters. The van der Waals surface area contributed by atoms with Gasteiger partial charge in [-0.05, 0) is 44.4 Å². The molecule has 0 radical (unpaired) electrons. The van der Waals surface area contributed by atoms with Gasteiger partial charge in [0.1, 0.15) is 11.6 Å². The molecule has 1 aliphatic rings. The number of hydrogen-bond donors (Lipinski definition) is 2. The van der Waals surface area contributed by atoms with Gasteiger partial charge in [-0.3, -0.25) is 9.88 Å². The number of benzene rings is 1. The van der Waals surface area contributed by atoms with E-state index in [0.717, 1.165) is 55.1 Å². The van der Waals surface area contributed by atoms with Crippen LogP contribution in [0.4, 0.5) is 10.2 Å². The largest absolute Gasteiger partial charge is 0.369 e. The van der Waals surface area contributed by atoms with Gasteiger partial charge >= 0.3 is 0 Å². The highest BCUT2D eigenvalue weighted by Crippen LogP contribution is 2.28. The molecule has 3 aromatic heterocycles.